The summed E-state index contributed by atoms with van der Waals surface area (Å²) in [4.78, 5) is 26.4. The number of esters is 1. The Labute approximate surface area is 206 Å². The van der Waals surface area contributed by atoms with Crippen LogP contribution >= 0.6 is 0 Å². The molecule has 1 aliphatic rings. The van der Waals surface area contributed by atoms with Crippen molar-refractivity contribution >= 4 is 12.1 Å². The van der Waals surface area contributed by atoms with Gasteiger partial charge in [-0.2, -0.15) is 0 Å². The summed E-state index contributed by atoms with van der Waals surface area (Å²) >= 11 is 0. The monoisotopic (exact) mass is 499 g/mol. The van der Waals surface area contributed by atoms with Crippen LogP contribution in [0.2, 0.25) is 0 Å². The number of halogens is 3. The van der Waals surface area contributed by atoms with Crippen molar-refractivity contribution in [1.29, 1.82) is 0 Å². The smallest absolute Gasteiger partial charge is 0.410 e. The minimum Gasteiger partial charge on any atom is -0.482 e. The normalized spacial score (nSPS) is 14.7. The van der Waals surface area contributed by atoms with Crippen LogP contribution in [0, 0.1) is 17.5 Å². The van der Waals surface area contributed by atoms with E-state index in [0.29, 0.717) is 5.56 Å². The first-order chi connectivity index (χ1) is 17.4. The Kier molecular flexibility index (Phi) is 7.77. The number of ether oxygens (including phenoxy) is 3. The molecular weight excluding hydrogens is 475 g/mol. The van der Waals surface area contributed by atoms with Crippen molar-refractivity contribution < 1.29 is 37.0 Å². The van der Waals surface area contributed by atoms with E-state index in [-0.39, 0.29) is 43.1 Å². The van der Waals surface area contributed by atoms with E-state index in [4.69, 9.17) is 14.2 Å². The molecule has 3 aromatic rings. The number of benzene rings is 3. The van der Waals surface area contributed by atoms with Crippen molar-refractivity contribution in [2.75, 3.05) is 19.8 Å². The Balaban J connectivity index is 1.72. The first kappa shape index (κ1) is 25.1. The average Bonchev–Trinajstić information content (AvgIpc) is 2.87. The molecule has 1 aliphatic heterocycles. The van der Waals surface area contributed by atoms with Crippen LogP contribution in [0.15, 0.2) is 60.7 Å². The number of hydrogen-bond donors (Lipinski definition) is 0. The summed E-state index contributed by atoms with van der Waals surface area (Å²) in [6.45, 7) is 1.43. The summed E-state index contributed by atoms with van der Waals surface area (Å²) in [7, 11) is 0. The minimum absolute atomic E-state index is 0.0110. The van der Waals surface area contributed by atoms with Gasteiger partial charge in [-0.3, -0.25) is 4.90 Å². The standard InChI is InChI=1S/C27H24F3NO5/c1-2-34-25(32)16-35-24-9-8-19(28)13-21(24)26-20-14-23(30)22(29)12-18(20)10-11-31(26)27(33)36-15-17-6-4-3-5-7-17/h3-9,12-14,26H,2,10-11,15-16H2,1H3. The van der Waals surface area contributed by atoms with Gasteiger partial charge in [0, 0.05) is 12.1 Å². The second-order valence-electron chi connectivity index (χ2n) is 8.13. The van der Waals surface area contributed by atoms with Gasteiger partial charge in [-0.1, -0.05) is 30.3 Å². The second kappa shape index (κ2) is 11.2. The highest BCUT2D eigenvalue weighted by Gasteiger charge is 2.36. The van der Waals surface area contributed by atoms with Crippen molar-refractivity contribution in [2.24, 2.45) is 0 Å². The van der Waals surface area contributed by atoms with Gasteiger partial charge in [0.1, 0.15) is 18.2 Å². The van der Waals surface area contributed by atoms with Crippen LogP contribution in [-0.4, -0.2) is 36.7 Å². The predicted molar refractivity (Wildman–Crippen MR) is 124 cm³/mol. The van der Waals surface area contributed by atoms with Gasteiger partial charge in [0.25, 0.3) is 0 Å². The largest absolute Gasteiger partial charge is 0.482 e. The quantitative estimate of drug-likeness (QED) is 0.411. The van der Waals surface area contributed by atoms with Gasteiger partial charge < -0.3 is 14.2 Å². The van der Waals surface area contributed by atoms with Crippen LogP contribution in [0.5, 0.6) is 5.75 Å². The lowest BCUT2D eigenvalue weighted by atomic mass is 9.87. The number of hydrogen-bond acceptors (Lipinski definition) is 5. The zero-order chi connectivity index (χ0) is 25.7. The summed E-state index contributed by atoms with van der Waals surface area (Å²) in [6, 6.07) is 13.6. The van der Waals surface area contributed by atoms with Gasteiger partial charge in [-0.15, -0.1) is 0 Å². The lowest BCUT2D eigenvalue weighted by Gasteiger charge is -2.37. The molecular formula is C27H24F3NO5. The number of carbonyl (C=O) groups is 2. The van der Waals surface area contributed by atoms with Gasteiger partial charge in [0.2, 0.25) is 0 Å². The first-order valence-corrected chi connectivity index (χ1v) is 11.4. The van der Waals surface area contributed by atoms with Gasteiger partial charge >= 0.3 is 12.1 Å². The Bertz CT molecular complexity index is 1250. The van der Waals surface area contributed by atoms with Crippen molar-refractivity contribution in [1.82, 2.24) is 4.90 Å². The van der Waals surface area contributed by atoms with Crippen LogP contribution in [0.25, 0.3) is 0 Å². The van der Waals surface area contributed by atoms with Crippen molar-refractivity contribution in [3.63, 3.8) is 0 Å². The number of nitrogens with zero attached hydrogens (tertiary/aromatic N) is 1. The molecule has 0 aliphatic carbocycles. The summed E-state index contributed by atoms with van der Waals surface area (Å²) in [5, 5.41) is 0. The summed E-state index contributed by atoms with van der Waals surface area (Å²) in [5.74, 6) is -3.31. The maximum absolute atomic E-state index is 14.4. The van der Waals surface area contributed by atoms with Crippen molar-refractivity contribution in [3.8, 4) is 5.75 Å². The molecule has 188 valence electrons. The maximum Gasteiger partial charge on any atom is 0.410 e. The maximum atomic E-state index is 14.4. The van der Waals surface area contributed by atoms with E-state index in [2.05, 4.69) is 0 Å². The molecule has 6 nitrogen and oxygen atoms in total. The summed E-state index contributed by atoms with van der Waals surface area (Å²) in [6.07, 6.45) is -0.488. The second-order valence-corrected chi connectivity index (χ2v) is 8.13. The van der Waals surface area contributed by atoms with Gasteiger partial charge in [0.15, 0.2) is 18.2 Å². The van der Waals surface area contributed by atoms with Gasteiger partial charge in [-0.05, 0) is 60.4 Å². The topological polar surface area (TPSA) is 65.1 Å². The molecule has 0 saturated carbocycles. The molecule has 1 amide bonds. The molecule has 0 fully saturated rings. The molecule has 1 heterocycles. The molecule has 1 unspecified atom stereocenters. The van der Waals surface area contributed by atoms with E-state index in [0.717, 1.165) is 29.8 Å². The molecule has 0 aromatic heterocycles. The lowest BCUT2D eigenvalue weighted by Crippen LogP contribution is -2.41. The Morgan fingerprint density at radius 1 is 0.944 bits per heavy atom. The van der Waals surface area contributed by atoms with E-state index in [1.807, 2.05) is 6.07 Å². The molecule has 0 radical (unpaired) electrons. The van der Waals surface area contributed by atoms with Crippen LogP contribution < -0.4 is 4.74 Å². The fourth-order valence-electron chi connectivity index (χ4n) is 4.15. The number of carbonyl (C=O) groups excluding carboxylic acids is 2. The molecule has 4 rings (SSSR count). The fraction of sp³-hybridized carbons (Fsp3) is 0.259. The fourth-order valence-corrected chi connectivity index (χ4v) is 4.15. The van der Waals surface area contributed by atoms with E-state index in [9.17, 15) is 22.8 Å². The van der Waals surface area contributed by atoms with Gasteiger partial charge in [-0.25, -0.2) is 22.8 Å². The number of rotatable bonds is 7. The van der Waals surface area contributed by atoms with E-state index >= 15 is 0 Å². The summed E-state index contributed by atoms with van der Waals surface area (Å²) < 4.78 is 58.7. The lowest BCUT2D eigenvalue weighted by molar-refractivity contribution is -0.145. The number of fused-ring (bicyclic) bond motifs is 1. The molecule has 9 heteroatoms. The Morgan fingerprint density at radius 3 is 2.44 bits per heavy atom. The zero-order valence-corrected chi connectivity index (χ0v) is 19.5. The third-order valence-corrected chi connectivity index (χ3v) is 5.77. The van der Waals surface area contributed by atoms with Crippen molar-refractivity contribution in [3.05, 3.63) is 100 Å². The Hall–Kier alpha value is -4.01. The molecule has 0 saturated heterocycles. The SMILES string of the molecule is CCOC(=O)COc1ccc(F)cc1C1c2cc(F)c(F)cc2CCN1C(=O)OCc1ccccc1. The molecule has 1 atom stereocenters. The third-order valence-electron chi connectivity index (χ3n) is 5.77. The summed E-state index contributed by atoms with van der Waals surface area (Å²) in [5.41, 5.74) is 1.65. The highest BCUT2D eigenvalue weighted by Crippen LogP contribution is 2.41. The number of amides is 1. The van der Waals surface area contributed by atoms with E-state index < -0.39 is 42.2 Å². The van der Waals surface area contributed by atoms with Crippen LogP contribution in [0.3, 0.4) is 0 Å². The van der Waals surface area contributed by atoms with Crippen LogP contribution in [0.4, 0.5) is 18.0 Å². The van der Waals surface area contributed by atoms with Crippen LogP contribution in [0.1, 0.15) is 35.2 Å². The Morgan fingerprint density at radius 2 is 1.69 bits per heavy atom. The third kappa shape index (κ3) is 5.62. The zero-order valence-electron chi connectivity index (χ0n) is 19.5. The van der Waals surface area contributed by atoms with E-state index in [1.165, 1.54) is 11.0 Å². The first-order valence-electron chi connectivity index (χ1n) is 11.4. The van der Waals surface area contributed by atoms with Crippen LogP contribution in [-0.2, 0) is 27.3 Å². The minimum atomic E-state index is -1.11. The molecule has 0 bridgehead atoms. The van der Waals surface area contributed by atoms with Gasteiger partial charge in [0.05, 0.1) is 12.6 Å². The van der Waals surface area contributed by atoms with Crippen molar-refractivity contribution in [2.45, 2.75) is 26.0 Å². The molecule has 0 spiro atoms. The molecule has 0 N–H and O–H groups in total. The highest BCUT2D eigenvalue weighted by atomic mass is 19.2. The predicted octanol–water partition coefficient (Wildman–Crippen LogP) is 5.33. The highest BCUT2D eigenvalue weighted by molar-refractivity contribution is 5.72. The molecule has 3 aromatic carbocycles. The molecule has 36 heavy (non-hydrogen) atoms. The van der Waals surface area contributed by atoms with E-state index in [1.54, 1.807) is 31.2 Å². The average molecular weight is 499 g/mol.